The van der Waals surface area contributed by atoms with Gasteiger partial charge in [0.25, 0.3) is 5.56 Å². The van der Waals surface area contributed by atoms with Gasteiger partial charge in [0.1, 0.15) is 12.4 Å². The number of benzene rings is 1. The highest BCUT2D eigenvalue weighted by atomic mass is 19.1. The first kappa shape index (κ1) is 26.0. The SMILES string of the molecule is CCCCCCC(=O)NCc1c2c(nc3cc(F)c(C)cc13)-c1cc3c(c(=O)n1C2)COC(=O)[C@]3(O)CC. The molecule has 2 aromatic heterocycles. The van der Waals surface area contributed by atoms with Crippen LogP contribution in [-0.4, -0.2) is 26.5 Å². The van der Waals surface area contributed by atoms with E-state index in [0.717, 1.165) is 36.8 Å². The molecule has 200 valence electrons. The van der Waals surface area contributed by atoms with Crippen molar-refractivity contribution in [1.82, 2.24) is 14.9 Å². The normalized spacial score (nSPS) is 17.7. The van der Waals surface area contributed by atoms with Crippen LogP contribution in [0.5, 0.6) is 0 Å². The number of nitrogens with one attached hydrogen (secondary N) is 1. The molecule has 0 unspecified atom stereocenters. The third-order valence-electron chi connectivity index (χ3n) is 7.81. The van der Waals surface area contributed by atoms with Gasteiger partial charge in [-0.1, -0.05) is 33.1 Å². The number of aromatic nitrogens is 2. The average Bonchev–Trinajstić information content (AvgIpc) is 3.26. The van der Waals surface area contributed by atoms with Crippen molar-refractivity contribution in [3.8, 4) is 11.4 Å². The third kappa shape index (κ3) is 4.18. The summed E-state index contributed by atoms with van der Waals surface area (Å²) < 4.78 is 21.3. The van der Waals surface area contributed by atoms with E-state index >= 15 is 0 Å². The summed E-state index contributed by atoms with van der Waals surface area (Å²) in [6.07, 6.45) is 4.45. The number of esters is 1. The quantitative estimate of drug-likeness (QED) is 0.267. The summed E-state index contributed by atoms with van der Waals surface area (Å²) in [5.74, 6) is -1.26. The lowest BCUT2D eigenvalue weighted by atomic mass is 9.86. The van der Waals surface area contributed by atoms with Crippen molar-refractivity contribution < 1.29 is 23.8 Å². The Bertz CT molecular complexity index is 1530. The lowest BCUT2D eigenvalue weighted by molar-refractivity contribution is -0.172. The number of ether oxygens (including phenoxy) is 1. The number of nitrogens with zero attached hydrogens (tertiary/aromatic N) is 2. The zero-order valence-electron chi connectivity index (χ0n) is 21.9. The standard InChI is InChI=1S/C29H32FN3O5/c1-4-6-7-8-9-25(34)31-13-18-17-10-16(3)22(30)12-23(17)32-26-19(18)14-33-24(26)11-21-20(27(33)35)15-38-28(36)29(21,37)5-2/h10-12,37H,4-9,13-15H2,1-3H3,(H,31,34)/t29-/m0/s1. The van der Waals surface area contributed by atoms with Crippen LogP contribution >= 0.6 is 0 Å². The molecular weight excluding hydrogens is 489 g/mol. The molecule has 4 heterocycles. The average molecular weight is 522 g/mol. The molecule has 1 amide bonds. The number of carbonyl (C=O) groups excluding carboxylic acids is 2. The number of carbonyl (C=O) groups is 2. The Morgan fingerprint density at radius 3 is 2.71 bits per heavy atom. The van der Waals surface area contributed by atoms with Crippen LogP contribution in [0.15, 0.2) is 23.0 Å². The molecule has 0 saturated carbocycles. The summed E-state index contributed by atoms with van der Waals surface area (Å²) in [6, 6.07) is 4.71. The van der Waals surface area contributed by atoms with Gasteiger partial charge in [0.05, 0.1) is 29.0 Å². The van der Waals surface area contributed by atoms with E-state index in [1.165, 1.54) is 6.07 Å². The summed E-state index contributed by atoms with van der Waals surface area (Å²) in [5.41, 5.74) is 1.47. The summed E-state index contributed by atoms with van der Waals surface area (Å²) in [4.78, 5) is 43.3. The zero-order chi connectivity index (χ0) is 27.2. The van der Waals surface area contributed by atoms with Gasteiger partial charge in [-0.15, -0.1) is 0 Å². The first-order valence-corrected chi connectivity index (χ1v) is 13.2. The fraction of sp³-hybridized carbons (Fsp3) is 0.448. The summed E-state index contributed by atoms with van der Waals surface area (Å²) in [7, 11) is 0. The maximum Gasteiger partial charge on any atom is 0.343 e. The fourth-order valence-corrected chi connectivity index (χ4v) is 5.48. The van der Waals surface area contributed by atoms with Crippen LogP contribution in [0.2, 0.25) is 0 Å². The second-order valence-corrected chi connectivity index (χ2v) is 10.2. The molecular formula is C29H32FN3O5. The number of fused-ring (bicyclic) bond motifs is 5. The predicted molar refractivity (Wildman–Crippen MR) is 140 cm³/mol. The Morgan fingerprint density at radius 1 is 1.18 bits per heavy atom. The van der Waals surface area contributed by atoms with Gasteiger partial charge in [-0.3, -0.25) is 9.59 Å². The Balaban J connectivity index is 1.62. The van der Waals surface area contributed by atoms with Gasteiger partial charge in [-0.05, 0) is 43.0 Å². The first-order chi connectivity index (χ1) is 18.2. The Morgan fingerprint density at radius 2 is 1.97 bits per heavy atom. The number of amides is 1. The number of rotatable bonds is 8. The van der Waals surface area contributed by atoms with E-state index in [1.807, 2.05) is 0 Å². The lowest BCUT2D eigenvalue weighted by Gasteiger charge is -2.31. The van der Waals surface area contributed by atoms with Crippen molar-refractivity contribution in [2.45, 2.75) is 84.6 Å². The van der Waals surface area contributed by atoms with E-state index in [9.17, 15) is 23.9 Å². The summed E-state index contributed by atoms with van der Waals surface area (Å²) in [5, 5.41) is 14.8. The monoisotopic (exact) mass is 521 g/mol. The van der Waals surface area contributed by atoms with Crippen molar-refractivity contribution in [3.63, 3.8) is 0 Å². The number of cyclic esters (lactones) is 1. The molecule has 0 saturated heterocycles. The van der Waals surface area contributed by atoms with Crippen LogP contribution in [0.25, 0.3) is 22.3 Å². The lowest BCUT2D eigenvalue weighted by Crippen LogP contribution is -2.44. The molecule has 2 aliphatic rings. The van der Waals surface area contributed by atoms with Crippen molar-refractivity contribution in [1.29, 1.82) is 0 Å². The maximum atomic E-state index is 14.6. The highest BCUT2D eigenvalue weighted by molar-refractivity contribution is 5.90. The zero-order valence-corrected chi connectivity index (χ0v) is 21.9. The molecule has 38 heavy (non-hydrogen) atoms. The van der Waals surface area contributed by atoms with Crippen LogP contribution in [0.1, 0.15) is 80.2 Å². The topological polar surface area (TPSA) is 111 Å². The number of aliphatic hydroxyl groups is 1. The van der Waals surface area contributed by atoms with E-state index in [2.05, 4.69) is 12.2 Å². The molecule has 0 aliphatic carbocycles. The molecule has 8 nitrogen and oxygen atoms in total. The van der Waals surface area contributed by atoms with Gasteiger partial charge in [-0.2, -0.15) is 0 Å². The summed E-state index contributed by atoms with van der Waals surface area (Å²) >= 11 is 0. The smallest absolute Gasteiger partial charge is 0.343 e. The molecule has 2 N–H and O–H groups in total. The fourth-order valence-electron chi connectivity index (χ4n) is 5.48. The number of pyridine rings is 2. The summed E-state index contributed by atoms with van der Waals surface area (Å²) in [6.45, 7) is 5.64. The first-order valence-electron chi connectivity index (χ1n) is 13.2. The van der Waals surface area contributed by atoms with Gasteiger partial charge >= 0.3 is 5.97 Å². The highest BCUT2D eigenvalue weighted by Crippen LogP contribution is 2.40. The molecule has 0 bridgehead atoms. The van der Waals surface area contributed by atoms with E-state index in [0.29, 0.717) is 34.3 Å². The minimum absolute atomic E-state index is 0.0414. The molecule has 3 aromatic rings. The van der Waals surface area contributed by atoms with E-state index in [4.69, 9.17) is 9.72 Å². The maximum absolute atomic E-state index is 14.6. The number of unbranched alkanes of at least 4 members (excludes halogenated alkanes) is 3. The van der Waals surface area contributed by atoms with Gasteiger partial charge < -0.3 is 19.7 Å². The van der Waals surface area contributed by atoms with Gasteiger partial charge in [0, 0.05) is 35.5 Å². The van der Waals surface area contributed by atoms with E-state index < -0.39 is 17.4 Å². The molecule has 1 atom stereocenters. The largest absolute Gasteiger partial charge is 0.458 e. The van der Waals surface area contributed by atoms with Gasteiger partial charge in [0.2, 0.25) is 5.91 Å². The van der Waals surface area contributed by atoms with Crippen LogP contribution in [0.3, 0.4) is 0 Å². The van der Waals surface area contributed by atoms with Crippen LogP contribution < -0.4 is 10.9 Å². The molecule has 5 rings (SSSR count). The molecule has 9 heteroatoms. The molecule has 2 aliphatic heterocycles. The second-order valence-electron chi connectivity index (χ2n) is 10.2. The Labute approximate surface area is 219 Å². The molecule has 1 aromatic carbocycles. The molecule has 0 radical (unpaired) electrons. The number of hydrogen-bond donors (Lipinski definition) is 2. The van der Waals surface area contributed by atoms with Crippen molar-refractivity contribution in [2.24, 2.45) is 0 Å². The van der Waals surface area contributed by atoms with E-state index in [1.54, 1.807) is 30.5 Å². The van der Waals surface area contributed by atoms with E-state index in [-0.39, 0.29) is 48.7 Å². The molecule has 0 spiro atoms. The van der Waals surface area contributed by atoms with Crippen molar-refractivity contribution in [3.05, 3.63) is 62.2 Å². The van der Waals surface area contributed by atoms with Crippen LogP contribution in [0.4, 0.5) is 4.39 Å². The van der Waals surface area contributed by atoms with Crippen LogP contribution in [0, 0.1) is 12.7 Å². The minimum atomic E-state index is -1.93. The Hall–Kier alpha value is -3.59. The van der Waals surface area contributed by atoms with Gasteiger partial charge in [-0.25, -0.2) is 14.2 Å². The van der Waals surface area contributed by atoms with Crippen molar-refractivity contribution >= 4 is 22.8 Å². The number of halogens is 1. The number of hydrogen-bond acceptors (Lipinski definition) is 6. The third-order valence-corrected chi connectivity index (χ3v) is 7.81. The predicted octanol–water partition coefficient (Wildman–Crippen LogP) is 4.11. The van der Waals surface area contributed by atoms with Crippen molar-refractivity contribution in [2.75, 3.05) is 0 Å². The Kier molecular flexibility index (Phi) is 6.81. The second kappa shape index (κ2) is 9.94. The molecule has 0 fully saturated rings. The minimum Gasteiger partial charge on any atom is -0.458 e. The van der Waals surface area contributed by atoms with Crippen LogP contribution in [-0.2, 0) is 39.6 Å². The van der Waals surface area contributed by atoms with Gasteiger partial charge in [0.15, 0.2) is 5.60 Å². The highest BCUT2D eigenvalue weighted by Gasteiger charge is 2.45. The number of aryl methyl sites for hydroxylation is 1.